The van der Waals surface area contributed by atoms with E-state index in [-0.39, 0.29) is 41.0 Å². The van der Waals surface area contributed by atoms with Crippen LogP contribution in [-0.4, -0.2) is 68.1 Å². The van der Waals surface area contributed by atoms with Crippen molar-refractivity contribution >= 4 is 33.2 Å². The monoisotopic (exact) mass is 639 g/mol. The summed E-state index contributed by atoms with van der Waals surface area (Å²) in [6.45, 7) is 4.34. The number of sulfonamides is 1. The third kappa shape index (κ3) is 7.99. The number of rotatable bonds is 9. The van der Waals surface area contributed by atoms with E-state index in [1.165, 1.54) is 59.5 Å². The van der Waals surface area contributed by atoms with Gasteiger partial charge in [-0.15, -0.1) is 0 Å². The minimum atomic E-state index is -4.41. The fourth-order valence-electron chi connectivity index (χ4n) is 4.81. The Morgan fingerprint density at radius 2 is 1.77 bits per heavy atom. The SMILES string of the molecule is C[C@H](CO)N1C[C@H](C)[C@H](CN(C)Cc2ccc(C(F)(F)F)cc2)Oc2ccc(NS(=O)(=O)c3ccc(Cl)cc3)cc2C1=O. The molecule has 0 aliphatic carbocycles. The van der Waals surface area contributed by atoms with Crippen LogP contribution in [0, 0.1) is 5.92 Å². The molecule has 1 aliphatic heterocycles. The van der Waals surface area contributed by atoms with E-state index in [9.17, 15) is 31.5 Å². The van der Waals surface area contributed by atoms with Crippen molar-refractivity contribution in [3.8, 4) is 5.75 Å². The van der Waals surface area contributed by atoms with Crippen LogP contribution >= 0.6 is 11.6 Å². The molecule has 232 valence electrons. The first-order valence-corrected chi connectivity index (χ1v) is 15.4. The number of ether oxygens (including phenoxy) is 1. The van der Waals surface area contributed by atoms with Gasteiger partial charge in [0.15, 0.2) is 0 Å². The molecule has 1 aliphatic rings. The molecule has 1 heterocycles. The van der Waals surface area contributed by atoms with Crippen LogP contribution < -0.4 is 9.46 Å². The summed E-state index contributed by atoms with van der Waals surface area (Å²) in [5.41, 5.74) is 0.244. The van der Waals surface area contributed by atoms with Gasteiger partial charge in [0.05, 0.1) is 28.7 Å². The number of nitrogens with one attached hydrogen (secondary N) is 1. The summed E-state index contributed by atoms with van der Waals surface area (Å²) >= 11 is 5.88. The Morgan fingerprint density at radius 1 is 1.12 bits per heavy atom. The summed E-state index contributed by atoms with van der Waals surface area (Å²) in [5, 5.41) is 10.3. The van der Waals surface area contributed by atoms with Crippen LogP contribution in [-0.2, 0) is 22.7 Å². The van der Waals surface area contributed by atoms with E-state index in [0.717, 1.165) is 12.1 Å². The molecule has 0 saturated heterocycles. The highest BCUT2D eigenvalue weighted by Gasteiger charge is 2.34. The van der Waals surface area contributed by atoms with Crippen LogP contribution in [0.15, 0.2) is 71.6 Å². The number of likely N-dealkylation sites (N-methyl/N-ethyl adjacent to an activating group) is 1. The second-order valence-corrected chi connectivity index (χ2v) is 12.9. The van der Waals surface area contributed by atoms with Crippen molar-refractivity contribution in [3.63, 3.8) is 0 Å². The Kier molecular flexibility index (Phi) is 9.95. The van der Waals surface area contributed by atoms with Gasteiger partial charge in [0.2, 0.25) is 0 Å². The number of hydrogen-bond donors (Lipinski definition) is 2. The number of nitrogens with zero attached hydrogens (tertiary/aromatic N) is 2. The third-order valence-corrected chi connectivity index (χ3v) is 8.92. The van der Waals surface area contributed by atoms with Crippen LogP contribution in [0.3, 0.4) is 0 Å². The average molecular weight is 640 g/mol. The fourth-order valence-corrected chi connectivity index (χ4v) is 5.99. The quantitative estimate of drug-likeness (QED) is 0.320. The lowest BCUT2D eigenvalue weighted by molar-refractivity contribution is -0.137. The number of aliphatic hydroxyl groups excluding tert-OH is 1. The molecule has 0 radical (unpaired) electrons. The van der Waals surface area contributed by atoms with Crippen molar-refractivity contribution in [2.24, 2.45) is 5.92 Å². The molecule has 2 N–H and O–H groups in total. The molecule has 0 saturated carbocycles. The lowest BCUT2D eigenvalue weighted by atomic mass is 9.99. The molecule has 0 aromatic heterocycles. The van der Waals surface area contributed by atoms with Gasteiger partial charge in [0, 0.05) is 36.3 Å². The zero-order valence-electron chi connectivity index (χ0n) is 23.8. The summed E-state index contributed by atoms with van der Waals surface area (Å²) < 4.78 is 73.6. The molecule has 13 heteroatoms. The van der Waals surface area contributed by atoms with E-state index >= 15 is 0 Å². The van der Waals surface area contributed by atoms with E-state index < -0.39 is 39.8 Å². The van der Waals surface area contributed by atoms with Crippen molar-refractivity contribution in [1.82, 2.24) is 9.80 Å². The number of carbonyl (C=O) groups excluding carboxylic acids is 1. The van der Waals surface area contributed by atoms with E-state index in [2.05, 4.69) is 4.72 Å². The molecule has 0 spiro atoms. The highest BCUT2D eigenvalue weighted by atomic mass is 35.5. The van der Waals surface area contributed by atoms with Gasteiger partial charge in [-0.05, 0) is 74.1 Å². The van der Waals surface area contributed by atoms with E-state index in [1.807, 2.05) is 18.9 Å². The lowest BCUT2D eigenvalue weighted by Gasteiger charge is -2.38. The zero-order valence-corrected chi connectivity index (χ0v) is 25.4. The first-order valence-electron chi connectivity index (χ1n) is 13.5. The standard InChI is InChI=1S/C30H33ClF3N3O5S/c1-19-15-37(20(2)18-38)29(39)26-14-24(35-43(40,41)25-11-8-23(31)9-12-25)10-13-27(26)42-28(19)17-36(3)16-21-4-6-22(7-5-21)30(32,33)34/h4-14,19-20,28,35,38H,15-18H2,1-3H3/t19-,20+,28-/m0/s1. The maximum Gasteiger partial charge on any atom is 0.416 e. The molecule has 0 unspecified atom stereocenters. The molecule has 3 aromatic rings. The van der Waals surface area contributed by atoms with E-state index in [4.69, 9.17) is 16.3 Å². The topological polar surface area (TPSA) is 99.2 Å². The van der Waals surface area contributed by atoms with Gasteiger partial charge in [-0.3, -0.25) is 14.4 Å². The molecular weight excluding hydrogens is 607 g/mol. The van der Waals surface area contributed by atoms with Gasteiger partial charge in [-0.25, -0.2) is 8.42 Å². The zero-order chi connectivity index (χ0) is 31.5. The van der Waals surface area contributed by atoms with Crippen LogP contribution in [0.4, 0.5) is 18.9 Å². The number of benzene rings is 3. The van der Waals surface area contributed by atoms with Crippen LogP contribution in [0.1, 0.15) is 35.3 Å². The number of anilines is 1. The van der Waals surface area contributed by atoms with Gasteiger partial charge in [0.25, 0.3) is 15.9 Å². The Morgan fingerprint density at radius 3 is 2.37 bits per heavy atom. The smallest absolute Gasteiger partial charge is 0.416 e. The Balaban J connectivity index is 1.59. The summed E-state index contributed by atoms with van der Waals surface area (Å²) in [7, 11) is -2.16. The van der Waals surface area contributed by atoms with Crippen molar-refractivity contribution in [1.29, 1.82) is 0 Å². The van der Waals surface area contributed by atoms with Crippen LogP contribution in [0.25, 0.3) is 0 Å². The Labute approximate surface area is 254 Å². The molecule has 43 heavy (non-hydrogen) atoms. The molecule has 4 rings (SSSR count). The average Bonchev–Trinajstić information content (AvgIpc) is 2.94. The number of fused-ring (bicyclic) bond motifs is 1. The normalized spacial score (nSPS) is 18.4. The van der Waals surface area contributed by atoms with Crippen LogP contribution in [0.5, 0.6) is 5.75 Å². The predicted octanol–water partition coefficient (Wildman–Crippen LogP) is 5.51. The first-order chi connectivity index (χ1) is 20.2. The minimum absolute atomic E-state index is 0.00767. The molecule has 1 amide bonds. The van der Waals surface area contributed by atoms with Crippen molar-refractivity contribution < 1.29 is 36.2 Å². The first kappa shape index (κ1) is 32.6. The van der Waals surface area contributed by atoms with Crippen LogP contribution in [0.2, 0.25) is 5.02 Å². The maximum atomic E-state index is 13.7. The van der Waals surface area contributed by atoms with E-state index in [1.54, 1.807) is 6.92 Å². The summed E-state index contributed by atoms with van der Waals surface area (Å²) in [5.74, 6) is -0.370. The maximum absolute atomic E-state index is 13.7. The van der Waals surface area contributed by atoms with Crippen molar-refractivity contribution in [3.05, 3.63) is 88.4 Å². The summed E-state index contributed by atoms with van der Waals surface area (Å²) in [4.78, 5) is 17.1. The van der Waals surface area contributed by atoms with Gasteiger partial charge in [0.1, 0.15) is 11.9 Å². The highest BCUT2D eigenvalue weighted by molar-refractivity contribution is 7.92. The molecule has 8 nitrogen and oxygen atoms in total. The summed E-state index contributed by atoms with van der Waals surface area (Å²) in [6, 6.07) is 14.5. The van der Waals surface area contributed by atoms with Crippen molar-refractivity contribution in [2.75, 3.05) is 31.5 Å². The summed E-state index contributed by atoms with van der Waals surface area (Å²) in [6.07, 6.45) is -4.86. The van der Waals surface area contributed by atoms with Gasteiger partial charge >= 0.3 is 6.18 Å². The molecule has 3 aromatic carbocycles. The van der Waals surface area contributed by atoms with Gasteiger partial charge < -0.3 is 14.7 Å². The number of hydrogen-bond acceptors (Lipinski definition) is 6. The fraction of sp³-hybridized carbons (Fsp3) is 0.367. The highest BCUT2D eigenvalue weighted by Crippen LogP contribution is 2.32. The van der Waals surface area contributed by atoms with Gasteiger partial charge in [-0.1, -0.05) is 30.7 Å². The number of carbonyl (C=O) groups is 1. The van der Waals surface area contributed by atoms with E-state index in [0.29, 0.717) is 23.7 Å². The van der Waals surface area contributed by atoms with Crippen molar-refractivity contribution in [2.45, 2.75) is 43.6 Å². The Hall–Kier alpha value is -3.32. The second-order valence-electron chi connectivity index (χ2n) is 10.8. The predicted molar refractivity (Wildman–Crippen MR) is 158 cm³/mol. The number of halogens is 4. The number of aliphatic hydroxyl groups is 1. The number of amides is 1. The molecule has 0 fully saturated rings. The molecule has 3 atom stereocenters. The molecular formula is C30H33ClF3N3O5S. The second kappa shape index (κ2) is 13.1. The molecule has 0 bridgehead atoms. The number of alkyl halides is 3. The lowest BCUT2D eigenvalue weighted by Crippen LogP contribution is -2.49. The largest absolute Gasteiger partial charge is 0.488 e. The minimum Gasteiger partial charge on any atom is -0.488 e. The Bertz CT molecular complexity index is 1540. The van der Waals surface area contributed by atoms with Gasteiger partial charge in [-0.2, -0.15) is 13.2 Å². The third-order valence-electron chi connectivity index (χ3n) is 7.27.